The number of rotatable bonds is 7. The third kappa shape index (κ3) is 3.96. The summed E-state index contributed by atoms with van der Waals surface area (Å²) < 4.78 is 17.3. The molecule has 0 radical (unpaired) electrons. The molecule has 1 heterocycles. The Morgan fingerprint density at radius 2 is 2.35 bits per heavy atom. The van der Waals surface area contributed by atoms with Crippen molar-refractivity contribution in [1.82, 2.24) is 0 Å². The number of hydrogen-bond acceptors (Lipinski definition) is 4. The zero-order valence-electron chi connectivity index (χ0n) is 11.6. The molecule has 0 aliphatic carbocycles. The van der Waals surface area contributed by atoms with E-state index in [4.69, 9.17) is 14.2 Å². The molecule has 1 aromatic rings. The number of carbonyl (C=O) groups excluding carboxylic acids is 1. The van der Waals surface area contributed by atoms with Crippen LogP contribution in [-0.4, -0.2) is 32.7 Å². The SMILES string of the molecule is COc1cc(C=O)cc(Br)c1OCCCC1CCCO1. The Hall–Kier alpha value is -1.07. The third-order valence-corrected chi connectivity index (χ3v) is 3.92. The smallest absolute Gasteiger partial charge is 0.175 e. The summed E-state index contributed by atoms with van der Waals surface area (Å²) in [5.74, 6) is 1.21. The molecule has 5 heteroatoms. The maximum absolute atomic E-state index is 10.8. The van der Waals surface area contributed by atoms with Crippen molar-refractivity contribution in [3.05, 3.63) is 22.2 Å². The van der Waals surface area contributed by atoms with Crippen molar-refractivity contribution in [2.75, 3.05) is 20.3 Å². The molecular weight excluding hydrogens is 324 g/mol. The summed E-state index contributed by atoms with van der Waals surface area (Å²) in [5, 5.41) is 0. The third-order valence-electron chi connectivity index (χ3n) is 3.33. The van der Waals surface area contributed by atoms with Gasteiger partial charge in [0.05, 0.1) is 24.3 Å². The first-order valence-corrected chi connectivity index (χ1v) is 7.61. The molecule has 0 bridgehead atoms. The van der Waals surface area contributed by atoms with Crippen LogP contribution in [0.4, 0.5) is 0 Å². The van der Waals surface area contributed by atoms with Crippen LogP contribution < -0.4 is 9.47 Å². The van der Waals surface area contributed by atoms with Gasteiger partial charge in [0, 0.05) is 12.2 Å². The van der Waals surface area contributed by atoms with Gasteiger partial charge >= 0.3 is 0 Å². The van der Waals surface area contributed by atoms with Crippen molar-refractivity contribution in [2.45, 2.75) is 31.8 Å². The number of hydrogen-bond donors (Lipinski definition) is 0. The van der Waals surface area contributed by atoms with E-state index in [1.54, 1.807) is 19.2 Å². The highest BCUT2D eigenvalue weighted by atomic mass is 79.9. The minimum absolute atomic E-state index is 0.390. The predicted molar refractivity (Wildman–Crippen MR) is 79.8 cm³/mol. The fourth-order valence-corrected chi connectivity index (χ4v) is 2.88. The van der Waals surface area contributed by atoms with E-state index < -0.39 is 0 Å². The number of carbonyl (C=O) groups is 1. The van der Waals surface area contributed by atoms with E-state index in [2.05, 4.69) is 15.9 Å². The number of aldehydes is 1. The minimum Gasteiger partial charge on any atom is -0.493 e. The normalized spacial score (nSPS) is 18.0. The molecule has 2 rings (SSSR count). The first-order valence-electron chi connectivity index (χ1n) is 6.81. The molecule has 1 aromatic carbocycles. The molecule has 0 N–H and O–H groups in total. The number of ether oxygens (including phenoxy) is 3. The summed E-state index contributed by atoms with van der Waals surface area (Å²) in [5.41, 5.74) is 0.556. The average molecular weight is 343 g/mol. The summed E-state index contributed by atoms with van der Waals surface area (Å²) in [6.07, 6.45) is 5.46. The molecule has 1 fully saturated rings. The lowest BCUT2D eigenvalue weighted by Gasteiger charge is -2.14. The molecule has 20 heavy (non-hydrogen) atoms. The van der Waals surface area contributed by atoms with Crippen LogP contribution in [0.3, 0.4) is 0 Å². The van der Waals surface area contributed by atoms with Crippen LogP contribution >= 0.6 is 15.9 Å². The zero-order chi connectivity index (χ0) is 14.4. The van der Waals surface area contributed by atoms with Crippen molar-refractivity contribution in [2.24, 2.45) is 0 Å². The van der Waals surface area contributed by atoms with E-state index in [-0.39, 0.29) is 0 Å². The summed E-state index contributed by atoms with van der Waals surface area (Å²) in [6, 6.07) is 3.40. The molecule has 1 aliphatic rings. The maximum atomic E-state index is 10.8. The summed E-state index contributed by atoms with van der Waals surface area (Å²) in [4.78, 5) is 10.8. The monoisotopic (exact) mass is 342 g/mol. The van der Waals surface area contributed by atoms with Crippen molar-refractivity contribution in [3.63, 3.8) is 0 Å². The van der Waals surface area contributed by atoms with E-state index in [0.29, 0.717) is 29.8 Å². The summed E-state index contributed by atoms with van der Waals surface area (Å²) in [7, 11) is 1.57. The van der Waals surface area contributed by atoms with Gasteiger partial charge in [-0.3, -0.25) is 4.79 Å². The van der Waals surface area contributed by atoms with Crippen molar-refractivity contribution < 1.29 is 19.0 Å². The summed E-state index contributed by atoms with van der Waals surface area (Å²) >= 11 is 3.41. The first kappa shape index (κ1) is 15.3. The van der Waals surface area contributed by atoms with Gasteiger partial charge in [0.2, 0.25) is 0 Å². The first-order chi connectivity index (χ1) is 9.74. The molecule has 1 aliphatic heterocycles. The van der Waals surface area contributed by atoms with Gasteiger partial charge < -0.3 is 14.2 Å². The molecule has 0 saturated carbocycles. The number of methoxy groups -OCH3 is 1. The highest BCUT2D eigenvalue weighted by molar-refractivity contribution is 9.10. The van der Waals surface area contributed by atoms with E-state index in [1.165, 1.54) is 0 Å². The zero-order valence-corrected chi connectivity index (χ0v) is 13.1. The van der Waals surface area contributed by atoms with Gasteiger partial charge in [0.25, 0.3) is 0 Å². The van der Waals surface area contributed by atoms with E-state index in [0.717, 1.165) is 43.0 Å². The van der Waals surface area contributed by atoms with Gasteiger partial charge in [0.15, 0.2) is 11.5 Å². The Balaban J connectivity index is 1.89. The largest absolute Gasteiger partial charge is 0.493 e. The van der Waals surface area contributed by atoms with Crippen LogP contribution in [0.25, 0.3) is 0 Å². The van der Waals surface area contributed by atoms with Crippen LogP contribution in [0.1, 0.15) is 36.0 Å². The standard InChI is InChI=1S/C15H19BrO4/c1-18-14-9-11(10-17)8-13(16)15(14)20-7-3-5-12-4-2-6-19-12/h8-10,12H,2-7H2,1H3. The Morgan fingerprint density at radius 3 is 3.00 bits per heavy atom. The van der Waals surface area contributed by atoms with Crippen molar-refractivity contribution >= 4 is 22.2 Å². The summed E-state index contributed by atoms with van der Waals surface area (Å²) in [6.45, 7) is 1.49. The van der Waals surface area contributed by atoms with Crippen LogP contribution in [0, 0.1) is 0 Å². The quantitative estimate of drug-likeness (QED) is 0.560. The molecule has 0 spiro atoms. The van der Waals surface area contributed by atoms with Gasteiger partial charge in [0.1, 0.15) is 6.29 Å². The van der Waals surface area contributed by atoms with Gasteiger partial charge in [-0.25, -0.2) is 0 Å². The molecule has 0 aromatic heterocycles. The number of benzene rings is 1. The van der Waals surface area contributed by atoms with Crippen molar-refractivity contribution in [1.29, 1.82) is 0 Å². The average Bonchev–Trinajstić information content (AvgIpc) is 2.97. The molecule has 0 amide bonds. The Labute approximate surface area is 127 Å². The molecular formula is C15H19BrO4. The van der Waals surface area contributed by atoms with Crippen LogP contribution in [0.15, 0.2) is 16.6 Å². The van der Waals surface area contributed by atoms with E-state index in [1.807, 2.05) is 0 Å². The molecule has 1 saturated heterocycles. The second-order valence-corrected chi connectivity index (χ2v) is 5.63. The number of halogens is 1. The van der Waals surface area contributed by atoms with Gasteiger partial charge in [-0.05, 0) is 53.7 Å². The predicted octanol–water partition coefficient (Wildman–Crippen LogP) is 3.61. The Bertz CT molecular complexity index is 455. The van der Waals surface area contributed by atoms with Crippen LogP contribution in [0.5, 0.6) is 11.5 Å². The van der Waals surface area contributed by atoms with Crippen LogP contribution in [0.2, 0.25) is 0 Å². The Morgan fingerprint density at radius 1 is 1.50 bits per heavy atom. The molecule has 4 nitrogen and oxygen atoms in total. The highest BCUT2D eigenvalue weighted by Crippen LogP contribution is 2.36. The van der Waals surface area contributed by atoms with Crippen LogP contribution in [-0.2, 0) is 4.74 Å². The lowest BCUT2D eigenvalue weighted by atomic mass is 10.1. The maximum Gasteiger partial charge on any atom is 0.175 e. The second kappa shape index (κ2) is 7.64. The lowest BCUT2D eigenvalue weighted by molar-refractivity contribution is 0.0979. The second-order valence-electron chi connectivity index (χ2n) is 4.78. The lowest BCUT2D eigenvalue weighted by Crippen LogP contribution is -2.08. The minimum atomic E-state index is 0.390. The Kier molecular flexibility index (Phi) is 5.86. The molecule has 1 unspecified atom stereocenters. The van der Waals surface area contributed by atoms with Crippen molar-refractivity contribution in [3.8, 4) is 11.5 Å². The van der Waals surface area contributed by atoms with Gasteiger partial charge in [-0.15, -0.1) is 0 Å². The van der Waals surface area contributed by atoms with Gasteiger partial charge in [-0.2, -0.15) is 0 Å². The topological polar surface area (TPSA) is 44.8 Å². The van der Waals surface area contributed by atoms with Gasteiger partial charge in [-0.1, -0.05) is 0 Å². The highest BCUT2D eigenvalue weighted by Gasteiger charge is 2.15. The van der Waals surface area contributed by atoms with E-state index >= 15 is 0 Å². The fraction of sp³-hybridized carbons (Fsp3) is 0.533. The molecule has 110 valence electrons. The molecule has 1 atom stereocenters. The fourth-order valence-electron chi connectivity index (χ4n) is 2.31. The van der Waals surface area contributed by atoms with E-state index in [9.17, 15) is 4.79 Å².